The summed E-state index contributed by atoms with van der Waals surface area (Å²) >= 11 is 1.20. The van der Waals surface area contributed by atoms with Gasteiger partial charge in [-0.15, -0.1) is 16.4 Å². The first-order chi connectivity index (χ1) is 9.04. The quantitative estimate of drug-likeness (QED) is 0.937. The largest absolute Gasteiger partial charge is 0.273 e. The number of hydrogen-bond acceptors (Lipinski definition) is 5. The highest BCUT2D eigenvalue weighted by Crippen LogP contribution is 2.22. The first kappa shape index (κ1) is 12.6. The van der Waals surface area contributed by atoms with Crippen LogP contribution in [0.1, 0.15) is 24.2 Å². The zero-order valence-electron chi connectivity index (χ0n) is 10.5. The Bertz CT molecular complexity index is 679. The molecule has 1 N–H and O–H groups in total. The van der Waals surface area contributed by atoms with Gasteiger partial charge in [0, 0.05) is 13.0 Å². The molecule has 0 aliphatic carbocycles. The first-order valence-corrected chi connectivity index (χ1v) is 8.42. The molecular formula is C11H14N4O2S2. The van der Waals surface area contributed by atoms with E-state index in [1.807, 2.05) is 6.92 Å². The normalized spacial score (nSPS) is 15.2. The molecule has 3 rings (SSSR count). The van der Waals surface area contributed by atoms with Crippen LogP contribution >= 0.6 is 11.3 Å². The van der Waals surface area contributed by atoms with E-state index in [-0.39, 0.29) is 10.2 Å². The van der Waals surface area contributed by atoms with Gasteiger partial charge in [-0.1, -0.05) is 0 Å². The van der Waals surface area contributed by atoms with Crippen LogP contribution in [0.25, 0.3) is 0 Å². The lowest BCUT2D eigenvalue weighted by Gasteiger charge is -2.09. The number of anilines is 1. The number of fused-ring (bicyclic) bond motifs is 1. The molecule has 2 aromatic heterocycles. The summed E-state index contributed by atoms with van der Waals surface area (Å²) in [4.78, 5) is 4.23. The Morgan fingerprint density at radius 1 is 1.42 bits per heavy atom. The van der Waals surface area contributed by atoms with Crippen molar-refractivity contribution in [2.24, 2.45) is 0 Å². The maximum atomic E-state index is 12.1. The van der Waals surface area contributed by atoms with Crippen LogP contribution in [-0.2, 0) is 23.0 Å². The van der Waals surface area contributed by atoms with Crippen molar-refractivity contribution in [2.45, 2.75) is 36.9 Å². The van der Waals surface area contributed by atoms with E-state index in [9.17, 15) is 8.42 Å². The number of hydrogen-bond donors (Lipinski definition) is 1. The minimum Gasteiger partial charge on any atom is -0.248 e. The lowest BCUT2D eigenvalue weighted by atomic mass is 10.2. The van der Waals surface area contributed by atoms with Crippen molar-refractivity contribution in [3.05, 3.63) is 22.8 Å². The van der Waals surface area contributed by atoms with Crippen LogP contribution < -0.4 is 4.72 Å². The van der Waals surface area contributed by atoms with E-state index in [4.69, 9.17) is 0 Å². The molecule has 0 bridgehead atoms. The fourth-order valence-electron chi connectivity index (χ4n) is 2.04. The minimum atomic E-state index is -3.56. The summed E-state index contributed by atoms with van der Waals surface area (Å²) in [6.07, 6.45) is 2.99. The van der Waals surface area contributed by atoms with Crippen LogP contribution in [0.3, 0.4) is 0 Å². The van der Waals surface area contributed by atoms with E-state index in [1.54, 1.807) is 16.1 Å². The van der Waals surface area contributed by atoms with Crippen LogP contribution in [0.15, 0.2) is 15.7 Å². The summed E-state index contributed by atoms with van der Waals surface area (Å²) in [6.45, 7) is 2.67. The van der Waals surface area contributed by atoms with Gasteiger partial charge in [0.15, 0.2) is 0 Å². The molecule has 0 saturated heterocycles. The van der Waals surface area contributed by atoms with Gasteiger partial charge in [0.2, 0.25) is 0 Å². The van der Waals surface area contributed by atoms with Crippen molar-refractivity contribution in [1.82, 2.24) is 14.8 Å². The molecule has 2 aromatic rings. The average molecular weight is 298 g/mol. The number of rotatable bonds is 3. The molecule has 0 spiro atoms. The van der Waals surface area contributed by atoms with Crippen molar-refractivity contribution in [3.63, 3.8) is 0 Å². The molecule has 0 saturated carbocycles. The summed E-state index contributed by atoms with van der Waals surface area (Å²) in [5, 5.41) is 5.99. The van der Waals surface area contributed by atoms with Gasteiger partial charge in [-0.05, 0) is 36.8 Å². The number of aryl methyl sites for hydroxylation is 3. The van der Waals surface area contributed by atoms with Gasteiger partial charge in [-0.2, -0.15) is 4.98 Å². The highest BCUT2D eigenvalue weighted by molar-refractivity contribution is 7.94. The van der Waals surface area contributed by atoms with Crippen molar-refractivity contribution >= 4 is 27.3 Å². The topological polar surface area (TPSA) is 76.9 Å². The maximum absolute atomic E-state index is 12.1. The third-order valence-corrected chi connectivity index (χ3v) is 5.85. The maximum Gasteiger partial charge on any atom is 0.273 e. The van der Waals surface area contributed by atoms with Crippen LogP contribution in [-0.4, -0.2) is 23.2 Å². The highest BCUT2D eigenvalue weighted by atomic mass is 32.2. The minimum absolute atomic E-state index is 0.169. The monoisotopic (exact) mass is 298 g/mol. The number of nitrogens with one attached hydrogen (secondary N) is 1. The lowest BCUT2D eigenvalue weighted by Crippen LogP contribution is -2.13. The molecular weight excluding hydrogens is 284 g/mol. The van der Waals surface area contributed by atoms with E-state index in [2.05, 4.69) is 14.8 Å². The molecule has 8 heteroatoms. The number of nitrogens with zero attached hydrogens (tertiary/aromatic N) is 3. The molecule has 1 aliphatic rings. The standard InChI is InChI=1S/C11H14N4O2S2/c1-8-6-10(18-7-8)19(16,17)14-11-12-9-4-2-3-5-15(9)13-11/h6-7H,2-5H2,1H3,(H,13,14). The summed E-state index contributed by atoms with van der Waals surface area (Å²) in [5.41, 5.74) is 0.933. The molecule has 3 heterocycles. The molecule has 0 amide bonds. The fourth-order valence-corrected chi connectivity index (χ4v) is 4.21. The van der Waals surface area contributed by atoms with Gasteiger partial charge >= 0.3 is 0 Å². The Labute approximate surface area is 115 Å². The molecule has 0 aromatic carbocycles. The summed E-state index contributed by atoms with van der Waals surface area (Å²) in [7, 11) is -3.56. The van der Waals surface area contributed by atoms with Crippen molar-refractivity contribution in [3.8, 4) is 0 Å². The Hall–Kier alpha value is -1.41. The molecule has 0 radical (unpaired) electrons. The zero-order valence-corrected chi connectivity index (χ0v) is 12.1. The first-order valence-electron chi connectivity index (χ1n) is 6.06. The molecule has 102 valence electrons. The third-order valence-electron chi connectivity index (χ3n) is 2.97. The van der Waals surface area contributed by atoms with Gasteiger partial charge < -0.3 is 0 Å². The predicted octanol–water partition coefficient (Wildman–Crippen LogP) is 1.79. The van der Waals surface area contributed by atoms with Gasteiger partial charge in [0.1, 0.15) is 10.0 Å². The molecule has 0 atom stereocenters. The van der Waals surface area contributed by atoms with E-state index < -0.39 is 10.0 Å². The summed E-state index contributed by atoms with van der Waals surface area (Å²) < 4.78 is 28.8. The summed E-state index contributed by atoms with van der Waals surface area (Å²) in [6, 6.07) is 1.64. The third kappa shape index (κ3) is 2.50. The Kier molecular flexibility index (Phi) is 3.06. The second kappa shape index (κ2) is 4.61. The second-order valence-corrected chi connectivity index (χ2v) is 7.40. The molecule has 6 nitrogen and oxygen atoms in total. The smallest absolute Gasteiger partial charge is 0.248 e. The van der Waals surface area contributed by atoms with Crippen molar-refractivity contribution < 1.29 is 8.42 Å². The second-order valence-electron chi connectivity index (χ2n) is 4.58. The van der Waals surface area contributed by atoms with Crippen LogP contribution in [0, 0.1) is 6.92 Å². The molecule has 0 unspecified atom stereocenters. The van der Waals surface area contributed by atoms with Gasteiger partial charge in [-0.3, -0.25) is 0 Å². The highest BCUT2D eigenvalue weighted by Gasteiger charge is 2.20. The van der Waals surface area contributed by atoms with Gasteiger partial charge in [0.05, 0.1) is 0 Å². The molecule has 1 aliphatic heterocycles. The predicted molar refractivity (Wildman–Crippen MR) is 72.8 cm³/mol. The van der Waals surface area contributed by atoms with E-state index in [0.717, 1.165) is 37.2 Å². The fraction of sp³-hybridized carbons (Fsp3) is 0.455. The number of aromatic nitrogens is 3. The van der Waals surface area contributed by atoms with Crippen molar-refractivity contribution in [1.29, 1.82) is 0 Å². The van der Waals surface area contributed by atoms with Crippen LogP contribution in [0.5, 0.6) is 0 Å². The van der Waals surface area contributed by atoms with Crippen molar-refractivity contribution in [2.75, 3.05) is 4.72 Å². The summed E-state index contributed by atoms with van der Waals surface area (Å²) in [5.74, 6) is 1.02. The van der Waals surface area contributed by atoms with Crippen LogP contribution in [0.2, 0.25) is 0 Å². The number of sulfonamides is 1. The average Bonchev–Trinajstić information content (AvgIpc) is 2.94. The lowest BCUT2D eigenvalue weighted by molar-refractivity contribution is 0.480. The Morgan fingerprint density at radius 3 is 2.95 bits per heavy atom. The Balaban J connectivity index is 1.86. The number of thiophene rings is 1. The van der Waals surface area contributed by atoms with Gasteiger partial charge in [-0.25, -0.2) is 17.8 Å². The Morgan fingerprint density at radius 2 is 2.26 bits per heavy atom. The van der Waals surface area contributed by atoms with Crippen LogP contribution in [0.4, 0.5) is 5.95 Å². The van der Waals surface area contributed by atoms with E-state index >= 15 is 0 Å². The SMILES string of the molecule is Cc1csc(S(=O)(=O)Nc2nc3n(n2)CCCC3)c1. The molecule has 0 fully saturated rings. The molecule has 19 heavy (non-hydrogen) atoms. The van der Waals surface area contributed by atoms with E-state index in [0.29, 0.717) is 0 Å². The van der Waals surface area contributed by atoms with E-state index in [1.165, 1.54) is 11.3 Å². The zero-order chi connectivity index (χ0) is 13.5. The van der Waals surface area contributed by atoms with Gasteiger partial charge in [0.25, 0.3) is 16.0 Å².